The molecular weight excluding hydrogens is 863 g/mol. The zero-order valence-electron chi connectivity index (χ0n) is 39.0. The van der Waals surface area contributed by atoms with Gasteiger partial charge in [-0.05, 0) is 144 Å². The van der Waals surface area contributed by atoms with Gasteiger partial charge < -0.3 is 46.7 Å². The van der Waals surface area contributed by atoms with Gasteiger partial charge in [0.2, 0.25) is 35.4 Å². The number of nitrogens with zero attached hydrogens (tertiary/aromatic N) is 3. The summed E-state index contributed by atoms with van der Waals surface area (Å²) >= 11 is 0. The standard InChI is InChI=1S/C47H61N11O9/c1-28-22-35(52-40(61)27-49-38(59)25-48-39(60)26-51-45(65)67-47(5,6)7)20-21-36(28)31-12-8-29(9-13-31)23-37(43(63)53-34-18-16-32(17-19-34)41-55-57-58-56-41)54-42(62)33-14-10-30(11-15-33)24-50-44(64)66-46(2,3)4/h8-9,12-13,16-22,30,33,37H,10-11,14-15,23-27H2,1-7H3,(H,48,60)(H,49,59)(H,50,64)(H,51,65)(H,52,61)(H,53,63)(H,54,62)(H,55,56,57,58)/t30?,33?,37-/m0/s1. The van der Waals surface area contributed by atoms with Crippen molar-refractivity contribution in [2.24, 2.45) is 11.8 Å². The molecule has 358 valence electrons. The Morgan fingerprint density at radius 1 is 0.672 bits per heavy atom. The van der Waals surface area contributed by atoms with Crippen molar-refractivity contribution in [2.75, 3.05) is 36.8 Å². The molecule has 0 spiro atoms. The van der Waals surface area contributed by atoms with Crippen LogP contribution in [0.25, 0.3) is 22.5 Å². The van der Waals surface area contributed by atoms with Crippen molar-refractivity contribution in [3.8, 4) is 22.5 Å². The maximum Gasteiger partial charge on any atom is 0.408 e. The quantitative estimate of drug-likeness (QED) is 0.0726. The van der Waals surface area contributed by atoms with E-state index in [1.54, 1.807) is 57.2 Å². The van der Waals surface area contributed by atoms with Crippen LogP contribution in [0.4, 0.5) is 21.0 Å². The molecule has 1 atom stereocenters. The van der Waals surface area contributed by atoms with Crippen molar-refractivity contribution < 1.29 is 43.0 Å². The molecule has 1 aliphatic carbocycles. The summed E-state index contributed by atoms with van der Waals surface area (Å²) < 4.78 is 10.4. The number of aromatic nitrogens is 4. The predicted molar refractivity (Wildman–Crippen MR) is 249 cm³/mol. The Bertz CT molecular complexity index is 2350. The third-order valence-corrected chi connectivity index (χ3v) is 10.4. The first-order valence-corrected chi connectivity index (χ1v) is 22.1. The third-order valence-electron chi connectivity index (χ3n) is 10.4. The lowest BCUT2D eigenvalue weighted by Gasteiger charge is -2.29. The van der Waals surface area contributed by atoms with Crippen LogP contribution in [-0.4, -0.2) is 106 Å². The monoisotopic (exact) mass is 923 g/mol. The second-order valence-corrected chi connectivity index (χ2v) is 18.4. The molecule has 20 heteroatoms. The number of anilines is 2. The maximum absolute atomic E-state index is 13.9. The first-order chi connectivity index (χ1) is 31.7. The number of carbonyl (C=O) groups is 7. The third kappa shape index (κ3) is 17.2. The molecule has 1 aliphatic rings. The molecule has 0 saturated heterocycles. The number of H-pyrrole nitrogens is 1. The lowest BCUT2D eigenvalue weighted by Crippen LogP contribution is -2.48. The number of amides is 7. The highest BCUT2D eigenvalue weighted by Gasteiger charge is 2.30. The number of rotatable bonds is 17. The second kappa shape index (κ2) is 23.2. The number of ether oxygens (including phenoxy) is 2. The molecule has 5 rings (SSSR count). The molecule has 3 aromatic carbocycles. The zero-order chi connectivity index (χ0) is 48.7. The predicted octanol–water partition coefficient (Wildman–Crippen LogP) is 4.53. The van der Waals surface area contributed by atoms with E-state index in [4.69, 9.17) is 9.47 Å². The van der Waals surface area contributed by atoms with Crippen LogP contribution in [0.3, 0.4) is 0 Å². The molecule has 0 radical (unpaired) electrons. The fourth-order valence-electron chi connectivity index (χ4n) is 7.16. The van der Waals surface area contributed by atoms with E-state index in [0.717, 1.165) is 35.1 Å². The van der Waals surface area contributed by atoms with Crippen LogP contribution in [0.15, 0.2) is 66.7 Å². The van der Waals surface area contributed by atoms with Crippen molar-refractivity contribution in [2.45, 2.75) is 97.8 Å². The topological polar surface area (TPSA) is 277 Å². The Kier molecular flexibility index (Phi) is 17.5. The van der Waals surface area contributed by atoms with Crippen LogP contribution < -0.4 is 37.2 Å². The van der Waals surface area contributed by atoms with Gasteiger partial charge in [-0.25, -0.2) is 9.59 Å². The number of hydrogen-bond donors (Lipinski definition) is 8. The average Bonchev–Trinajstić information content (AvgIpc) is 3.81. The molecule has 1 fully saturated rings. The van der Waals surface area contributed by atoms with E-state index in [9.17, 15) is 33.6 Å². The van der Waals surface area contributed by atoms with E-state index >= 15 is 0 Å². The van der Waals surface area contributed by atoms with Crippen LogP contribution in [0.1, 0.15) is 78.4 Å². The molecular formula is C47H61N11O9. The van der Waals surface area contributed by atoms with Crippen molar-refractivity contribution in [1.29, 1.82) is 0 Å². The Morgan fingerprint density at radius 3 is 1.82 bits per heavy atom. The van der Waals surface area contributed by atoms with Gasteiger partial charge in [-0.15, -0.1) is 10.2 Å². The Hall–Kier alpha value is -7.38. The van der Waals surface area contributed by atoms with E-state index < -0.39 is 53.7 Å². The Labute approximate surface area is 389 Å². The maximum atomic E-state index is 13.9. The van der Waals surface area contributed by atoms with Crippen molar-refractivity contribution in [1.82, 2.24) is 47.2 Å². The molecule has 1 aromatic heterocycles. The summed E-state index contributed by atoms with van der Waals surface area (Å²) in [6.07, 6.45) is 1.70. The van der Waals surface area contributed by atoms with Gasteiger partial charge in [-0.2, -0.15) is 5.21 Å². The molecule has 0 unspecified atom stereocenters. The van der Waals surface area contributed by atoms with E-state index in [0.29, 0.717) is 42.1 Å². The summed E-state index contributed by atoms with van der Waals surface area (Å²) in [6.45, 7) is 11.7. The highest BCUT2D eigenvalue weighted by molar-refractivity contribution is 5.98. The number of nitrogens with one attached hydrogen (secondary N) is 8. The van der Waals surface area contributed by atoms with E-state index in [1.165, 1.54) is 0 Å². The molecule has 8 N–H and O–H groups in total. The van der Waals surface area contributed by atoms with E-state index in [2.05, 4.69) is 57.8 Å². The second-order valence-electron chi connectivity index (χ2n) is 18.4. The van der Waals surface area contributed by atoms with Crippen LogP contribution >= 0.6 is 0 Å². The van der Waals surface area contributed by atoms with Gasteiger partial charge in [0.25, 0.3) is 0 Å². The fraction of sp³-hybridized carbons (Fsp3) is 0.447. The summed E-state index contributed by atoms with van der Waals surface area (Å²) in [5.74, 6) is -1.94. The lowest BCUT2D eigenvalue weighted by molar-refractivity contribution is -0.130. The first kappa shape index (κ1) is 50.6. The summed E-state index contributed by atoms with van der Waals surface area (Å²) in [5, 5.41) is 32.7. The summed E-state index contributed by atoms with van der Waals surface area (Å²) in [7, 11) is 0. The molecule has 67 heavy (non-hydrogen) atoms. The van der Waals surface area contributed by atoms with E-state index in [-0.39, 0.29) is 43.2 Å². The number of tetrazole rings is 1. The summed E-state index contributed by atoms with van der Waals surface area (Å²) in [4.78, 5) is 88.4. The van der Waals surface area contributed by atoms with E-state index in [1.807, 2.05) is 58.0 Å². The van der Waals surface area contributed by atoms with Crippen LogP contribution in [0, 0.1) is 18.8 Å². The van der Waals surface area contributed by atoms with Gasteiger partial charge in [0.05, 0.1) is 13.1 Å². The first-order valence-electron chi connectivity index (χ1n) is 22.1. The smallest absolute Gasteiger partial charge is 0.408 e. The zero-order valence-corrected chi connectivity index (χ0v) is 39.0. The molecule has 7 amide bonds. The average molecular weight is 924 g/mol. The number of aryl methyl sites for hydroxylation is 1. The largest absolute Gasteiger partial charge is 0.444 e. The minimum Gasteiger partial charge on any atom is -0.444 e. The van der Waals surface area contributed by atoms with Crippen LogP contribution in [0.2, 0.25) is 0 Å². The van der Waals surface area contributed by atoms with Gasteiger partial charge in [0, 0.05) is 35.8 Å². The normalized spacial score (nSPS) is 15.2. The molecule has 1 saturated carbocycles. The molecule has 4 aromatic rings. The number of carbonyl (C=O) groups excluding carboxylic acids is 7. The van der Waals surface area contributed by atoms with Crippen molar-refractivity contribution in [3.05, 3.63) is 77.9 Å². The Morgan fingerprint density at radius 2 is 1.24 bits per heavy atom. The fourth-order valence-corrected chi connectivity index (χ4v) is 7.16. The van der Waals surface area contributed by atoms with Gasteiger partial charge in [0.15, 0.2) is 0 Å². The van der Waals surface area contributed by atoms with Gasteiger partial charge in [-0.3, -0.25) is 24.0 Å². The number of alkyl carbamates (subject to hydrolysis) is 2. The number of benzene rings is 3. The SMILES string of the molecule is Cc1cc(NC(=O)CNC(=O)CNC(=O)CNC(=O)OC(C)(C)C)ccc1-c1ccc(C[C@H](NC(=O)C2CCC(CNC(=O)OC(C)(C)C)CC2)C(=O)Nc2ccc(-c3nn[nH]n3)cc2)cc1. The molecule has 20 nitrogen and oxygen atoms in total. The number of hydrogen-bond acceptors (Lipinski definition) is 12. The van der Waals surface area contributed by atoms with Crippen molar-refractivity contribution >= 4 is 53.1 Å². The van der Waals surface area contributed by atoms with Gasteiger partial charge in [0.1, 0.15) is 23.8 Å². The van der Waals surface area contributed by atoms with Gasteiger partial charge >= 0.3 is 12.2 Å². The summed E-state index contributed by atoms with van der Waals surface area (Å²) in [6, 6.07) is 19.1. The summed E-state index contributed by atoms with van der Waals surface area (Å²) in [5.41, 5.74) is 3.89. The highest BCUT2D eigenvalue weighted by Crippen LogP contribution is 2.30. The van der Waals surface area contributed by atoms with Gasteiger partial charge in [-0.1, -0.05) is 30.3 Å². The van der Waals surface area contributed by atoms with Crippen molar-refractivity contribution in [3.63, 3.8) is 0 Å². The minimum atomic E-state index is -0.900. The molecule has 0 aliphatic heterocycles. The lowest BCUT2D eigenvalue weighted by atomic mass is 9.81. The molecule has 1 heterocycles. The molecule has 0 bridgehead atoms. The minimum absolute atomic E-state index is 0.206. The Balaban J connectivity index is 1.15. The van der Waals surface area contributed by atoms with Crippen LogP contribution in [0.5, 0.6) is 0 Å². The number of aromatic amines is 1. The van der Waals surface area contributed by atoms with Crippen LogP contribution in [-0.2, 0) is 39.9 Å². The highest BCUT2D eigenvalue weighted by atomic mass is 16.6.